The van der Waals surface area contributed by atoms with E-state index in [2.05, 4.69) is 18.7 Å². The molecule has 0 aliphatic rings. The number of carbonyl (C=O) groups is 1. The maximum Gasteiger partial charge on any atom is 0.186 e. The second-order valence-corrected chi connectivity index (χ2v) is 7.22. The molecule has 4 heteroatoms. The van der Waals surface area contributed by atoms with Gasteiger partial charge in [-0.3, -0.25) is 4.79 Å². The summed E-state index contributed by atoms with van der Waals surface area (Å²) in [4.78, 5) is 15.1. The van der Waals surface area contributed by atoms with Crippen molar-refractivity contribution < 1.29 is 9.53 Å². The summed E-state index contributed by atoms with van der Waals surface area (Å²) in [6, 6.07) is 12.0. The lowest BCUT2D eigenvalue weighted by Crippen LogP contribution is -2.25. The van der Waals surface area contributed by atoms with Crippen molar-refractivity contribution in [2.45, 2.75) is 41.0 Å². The molecular formula is C25H34ClNO2. The summed E-state index contributed by atoms with van der Waals surface area (Å²) < 4.78 is 5.93. The molecule has 2 rings (SSSR count). The number of rotatable bonds is 10. The summed E-state index contributed by atoms with van der Waals surface area (Å²) in [5, 5.41) is 0. The number of ether oxygens (including phenoxy) is 1. The molecule has 158 valence electrons. The van der Waals surface area contributed by atoms with Crippen molar-refractivity contribution in [1.29, 1.82) is 0 Å². The Morgan fingerprint density at radius 1 is 1.00 bits per heavy atom. The smallest absolute Gasteiger partial charge is 0.186 e. The zero-order valence-corrected chi connectivity index (χ0v) is 19.1. The van der Waals surface area contributed by atoms with Gasteiger partial charge in [-0.1, -0.05) is 44.2 Å². The molecule has 0 fully saturated rings. The standard InChI is InChI=1S/C25H33NO2.ClH/c1-6-26(7-2)15-10-16-28-23-17-20(4)25(21(5)18-23)24(27)14-13-22-12-9-8-11-19(22)3;/h8-9,11-14,17-18H,6-7,10,15-16H2,1-5H3;1H. The lowest BCUT2D eigenvalue weighted by molar-refractivity contribution is 0.104. The van der Waals surface area contributed by atoms with Crippen LogP contribution in [0.5, 0.6) is 5.75 Å². The summed E-state index contributed by atoms with van der Waals surface area (Å²) in [6.07, 6.45) is 4.57. The number of ketones is 1. The highest BCUT2D eigenvalue weighted by Crippen LogP contribution is 2.23. The van der Waals surface area contributed by atoms with Gasteiger partial charge >= 0.3 is 0 Å². The fraction of sp³-hybridized carbons (Fsp3) is 0.400. The molecule has 0 N–H and O–H groups in total. The Balaban J connectivity index is 0.00000420. The van der Waals surface area contributed by atoms with Gasteiger partial charge in [-0.15, -0.1) is 12.4 Å². The van der Waals surface area contributed by atoms with Crippen molar-refractivity contribution >= 4 is 24.3 Å². The second-order valence-electron chi connectivity index (χ2n) is 7.22. The third kappa shape index (κ3) is 7.34. The van der Waals surface area contributed by atoms with E-state index in [0.717, 1.165) is 59.6 Å². The zero-order valence-electron chi connectivity index (χ0n) is 18.3. The molecule has 0 radical (unpaired) electrons. The van der Waals surface area contributed by atoms with Gasteiger partial charge in [-0.25, -0.2) is 0 Å². The lowest BCUT2D eigenvalue weighted by Gasteiger charge is -2.18. The highest BCUT2D eigenvalue weighted by atomic mass is 35.5. The molecule has 0 saturated heterocycles. The molecule has 0 atom stereocenters. The molecule has 0 heterocycles. The van der Waals surface area contributed by atoms with Gasteiger partial charge in [-0.2, -0.15) is 0 Å². The molecule has 0 aromatic heterocycles. The number of allylic oxidation sites excluding steroid dienone is 1. The molecule has 0 bridgehead atoms. The topological polar surface area (TPSA) is 29.5 Å². The number of aryl methyl sites for hydroxylation is 3. The third-order valence-electron chi connectivity index (χ3n) is 5.14. The molecule has 2 aromatic carbocycles. The molecule has 2 aromatic rings. The van der Waals surface area contributed by atoms with E-state index >= 15 is 0 Å². The summed E-state index contributed by atoms with van der Waals surface area (Å²) in [6.45, 7) is 14.2. The normalized spacial score (nSPS) is 11.0. The molecule has 0 unspecified atom stereocenters. The van der Waals surface area contributed by atoms with Crippen LogP contribution >= 0.6 is 12.4 Å². The molecule has 0 spiro atoms. The van der Waals surface area contributed by atoms with E-state index in [0.29, 0.717) is 6.61 Å². The van der Waals surface area contributed by atoms with Crippen LogP contribution in [0.15, 0.2) is 42.5 Å². The van der Waals surface area contributed by atoms with Gasteiger partial charge in [-0.05, 0) is 80.7 Å². The average Bonchev–Trinajstić information content (AvgIpc) is 2.67. The fourth-order valence-corrected chi connectivity index (χ4v) is 3.44. The number of hydrogen-bond donors (Lipinski definition) is 0. The summed E-state index contributed by atoms with van der Waals surface area (Å²) in [5.74, 6) is 0.875. The number of halogens is 1. The largest absolute Gasteiger partial charge is 0.494 e. The summed E-state index contributed by atoms with van der Waals surface area (Å²) in [5.41, 5.74) is 4.91. The minimum atomic E-state index is 0. The first kappa shape index (κ1) is 24.9. The molecule has 29 heavy (non-hydrogen) atoms. The van der Waals surface area contributed by atoms with Crippen molar-refractivity contribution in [2.75, 3.05) is 26.2 Å². The van der Waals surface area contributed by atoms with Gasteiger partial charge in [0.25, 0.3) is 0 Å². The molecular weight excluding hydrogens is 382 g/mol. The molecule has 0 saturated carbocycles. The van der Waals surface area contributed by atoms with Crippen LogP contribution in [0.1, 0.15) is 52.9 Å². The van der Waals surface area contributed by atoms with Crippen LogP contribution in [0.2, 0.25) is 0 Å². The van der Waals surface area contributed by atoms with E-state index in [-0.39, 0.29) is 18.2 Å². The Labute approximate surface area is 182 Å². The fourth-order valence-electron chi connectivity index (χ4n) is 3.44. The number of nitrogens with zero attached hydrogens (tertiary/aromatic N) is 1. The maximum atomic E-state index is 12.8. The number of benzene rings is 2. The highest BCUT2D eigenvalue weighted by molar-refractivity contribution is 6.08. The number of hydrogen-bond acceptors (Lipinski definition) is 3. The quantitative estimate of drug-likeness (QED) is 0.269. The Morgan fingerprint density at radius 2 is 1.62 bits per heavy atom. The first-order chi connectivity index (χ1) is 13.5. The van der Waals surface area contributed by atoms with Gasteiger partial charge in [0, 0.05) is 12.1 Å². The van der Waals surface area contributed by atoms with Gasteiger partial charge in [0.2, 0.25) is 0 Å². The van der Waals surface area contributed by atoms with Gasteiger partial charge in [0.05, 0.1) is 6.61 Å². The molecule has 0 aliphatic heterocycles. The monoisotopic (exact) mass is 415 g/mol. The van der Waals surface area contributed by atoms with Crippen LogP contribution < -0.4 is 4.74 Å². The van der Waals surface area contributed by atoms with E-state index in [4.69, 9.17) is 4.74 Å². The summed E-state index contributed by atoms with van der Waals surface area (Å²) >= 11 is 0. The van der Waals surface area contributed by atoms with Crippen molar-refractivity contribution in [3.05, 3.63) is 70.3 Å². The van der Waals surface area contributed by atoms with Crippen LogP contribution in [0, 0.1) is 20.8 Å². The Morgan fingerprint density at radius 3 is 2.21 bits per heavy atom. The first-order valence-corrected chi connectivity index (χ1v) is 10.2. The Kier molecular flexibility index (Phi) is 10.7. The average molecular weight is 416 g/mol. The lowest BCUT2D eigenvalue weighted by atomic mass is 9.97. The van der Waals surface area contributed by atoms with Crippen LogP contribution in [-0.4, -0.2) is 36.9 Å². The van der Waals surface area contributed by atoms with Crippen molar-refractivity contribution in [3.8, 4) is 5.75 Å². The van der Waals surface area contributed by atoms with Crippen LogP contribution in [-0.2, 0) is 0 Å². The van der Waals surface area contributed by atoms with Crippen LogP contribution in [0.4, 0.5) is 0 Å². The first-order valence-electron chi connectivity index (χ1n) is 10.2. The van der Waals surface area contributed by atoms with Crippen LogP contribution in [0.25, 0.3) is 6.08 Å². The van der Waals surface area contributed by atoms with E-state index in [9.17, 15) is 4.79 Å². The maximum absolute atomic E-state index is 12.8. The zero-order chi connectivity index (χ0) is 20.5. The summed E-state index contributed by atoms with van der Waals surface area (Å²) in [7, 11) is 0. The minimum absolute atomic E-state index is 0. The Bertz CT molecular complexity index is 802. The van der Waals surface area contributed by atoms with Crippen molar-refractivity contribution in [1.82, 2.24) is 4.90 Å². The van der Waals surface area contributed by atoms with Gasteiger partial charge in [0.15, 0.2) is 5.78 Å². The highest BCUT2D eigenvalue weighted by Gasteiger charge is 2.12. The van der Waals surface area contributed by atoms with Crippen molar-refractivity contribution in [3.63, 3.8) is 0 Å². The SMILES string of the molecule is CCN(CC)CCCOc1cc(C)c(C(=O)C=Cc2ccccc2C)c(C)c1.Cl. The van der Waals surface area contributed by atoms with Crippen molar-refractivity contribution in [2.24, 2.45) is 0 Å². The predicted molar refractivity (Wildman–Crippen MR) is 126 cm³/mol. The third-order valence-corrected chi connectivity index (χ3v) is 5.14. The van der Waals surface area contributed by atoms with Gasteiger partial charge in [0.1, 0.15) is 5.75 Å². The van der Waals surface area contributed by atoms with E-state index < -0.39 is 0 Å². The minimum Gasteiger partial charge on any atom is -0.494 e. The molecule has 3 nitrogen and oxygen atoms in total. The van der Waals surface area contributed by atoms with Crippen LogP contribution in [0.3, 0.4) is 0 Å². The van der Waals surface area contributed by atoms with Gasteiger partial charge < -0.3 is 9.64 Å². The van der Waals surface area contributed by atoms with E-state index in [1.165, 1.54) is 0 Å². The molecule has 0 amide bonds. The predicted octanol–water partition coefficient (Wildman–Crippen LogP) is 6.04. The van der Waals surface area contributed by atoms with E-state index in [1.54, 1.807) is 6.08 Å². The van der Waals surface area contributed by atoms with E-state index in [1.807, 2.05) is 63.2 Å². The number of carbonyl (C=O) groups excluding carboxylic acids is 1. The Hall–Kier alpha value is -2.10. The molecule has 0 aliphatic carbocycles. The second kappa shape index (κ2) is 12.5.